The molecule has 0 aliphatic rings. The van der Waals surface area contributed by atoms with E-state index in [0.29, 0.717) is 0 Å². The fourth-order valence-electron chi connectivity index (χ4n) is 16.9. The van der Waals surface area contributed by atoms with Gasteiger partial charge < -0.3 is 0 Å². The van der Waals surface area contributed by atoms with Gasteiger partial charge in [0.15, 0.2) is 0 Å². The smallest absolute Gasteiger partial charge is 0.00860 e. The Morgan fingerprint density at radius 1 is 0.100 bits per heavy atom. The van der Waals surface area contributed by atoms with Crippen LogP contribution in [0.1, 0.15) is 630 Å². The summed E-state index contributed by atoms with van der Waals surface area (Å²) >= 11 is 0. The molecule has 0 saturated carbocycles. The number of terminal acetylenes is 1. The zero-order chi connectivity index (χ0) is 71.3. The summed E-state index contributed by atoms with van der Waals surface area (Å²) in [6.07, 6.45) is 149. The second-order valence-corrected chi connectivity index (χ2v) is 34.5. The summed E-state index contributed by atoms with van der Waals surface area (Å²) < 4.78 is 0. The van der Waals surface area contributed by atoms with E-state index < -0.39 is 0 Å². The molecule has 0 aromatic carbocycles. The van der Waals surface area contributed by atoms with E-state index in [0.717, 1.165) is 6.42 Å². The predicted octanol–water partition coefficient (Wildman–Crippen LogP) is 38.5. The van der Waals surface area contributed by atoms with Crippen LogP contribution in [0.4, 0.5) is 0 Å². The molecule has 0 rings (SSSR count). The van der Waals surface area contributed by atoms with Gasteiger partial charge in [-0.25, -0.2) is 0 Å². The molecule has 0 amide bonds. The lowest BCUT2D eigenvalue weighted by atomic mass is 10.0. The maximum atomic E-state index is 5.34. The van der Waals surface area contributed by atoms with Crippen LogP contribution < -0.4 is 0 Å². The van der Waals surface area contributed by atoms with Crippen molar-refractivity contribution in [3.05, 3.63) is 0 Å². The van der Waals surface area contributed by atoms with Crippen LogP contribution in [0, 0.1) is 12.3 Å². The van der Waals surface area contributed by atoms with Crippen molar-refractivity contribution in [2.24, 2.45) is 0 Å². The Kier molecular flexibility index (Phi) is 98.1. The topological polar surface area (TPSA) is 0 Å². The van der Waals surface area contributed by atoms with Gasteiger partial charge in [-0.2, -0.15) is 0 Å². The predicted molar refractivity (Wildman–Crippen MR) is 462 cm³/mol. The number of unbranched alkanes of at least 4 members (excludes halogenated alkanes) is 96. The number of rotatable bonds is 96. The van der Waals surface area contributed by atoms with Gasteiger partial charge in [-0.1, -0.05) is 617 Å². The van der Waals surface area contributed by atoms with Gasteiger partial charge in [-0.3, -0.25) is 0 Å². The van der Waals surface area contributed by atoms with Crippen LogP contribution >= 0.6 is 0 Å². The van der Waals surface area contributed by atoms with Crippen molar-refractivity contribution < 1.29 is 0 Å². The summed E-state index contributed by atoms with van der Waals surface area (Å²) in [4.78, 5) is 0. The lowest BCUT2D eigenvalue weighted by molar-refractivity contribution is 0.505. The van der Waals surface area contributed by atoms with Gasteiger partial charge in [0.05, 0.1) is 0 Å². The third-order valence-electron chi connectivity index (χ3n) is 24.2. The normalized spacial score (nSPS) is 11.7. The Morgan fingerprint density at radius 2 is 0.160 bits per heavy atom. The van der Waals surface area contributed by atoms with Crippen molar-refractivity contribution in [1.82, 2.24) is 0 Å². The molecule has 0 heteroatoms. The highest BCUT2D eigenvalue weighted by molar-refractivity contribution is 4.82. The first-order valence-corrected chi connectivity index (χ1v) is 49.3. The molecule has 0 aromatic rings. The summed E-state index contributed by atoms with van der Waals surface area (Å²) in [7, 11) is 0. The van der Waals surface area contributed by atoms with Crippen molar-refractivity contribution in [3.8, 4) is 12.3 Å². The summed E-state index contributed by atoms with van der Waals surface area (Å²) in [6, 6.07) is 0. The summed E-state index contributed by atoms with van der Waals surface area (Å²) in [6.45, 7) is 2.32. The molecule has 0 spiro atoms. The molecule has 0 saturated heterocycles. The Balaban J connectivity index is 3.09. The molecule has 0 aliphatic heterocycles. The highest BCUT2D eigenvalue weighted by Gasteiger charge is 2.04. The van der Waals surface area contributed by atoms with Crippen LogP contribution in [0.25, 0.3) is 0 Å². The average molecular weight is 1400 g/mol. The van der Waals surface area contributed by atoms with E-state index in [-0.39, 0.29) is 0 Å². The van der Waals surface area contributed by atoms with Crippen LogP contribution in [-0.2, 0) is 0 Å². The minimum atomic E-state index is 0.972. The molecular formula is C100H198. The van der Waals surface area contributed by atoms with Gasteiger partial charge in [-0.15, -0.1) is 12.3 Å². The van der Waals surface area contributed by atoms with E-state index in [1.165, 1.54) is 616 Å². The molecule has 0 heterocycles. The zero-order valence-corrected chi connectivity index (χ0v) is 70.7. The monoisotopic (exact) mass is 1400 g/mol. The van der Waals surface area contributed by atoms with E-state index in [1.54, 1.807) is 0 Å². The second kappa shape index (κ2) is 98.6. The molecule has 0 bridgehead atoms. The fraction of sp³-hybridized carbons (Fsp3) is 0.980. The van der Waals surface area contributed by atoms with Crippen LogP contribution in [0.5, 0.6) is 0 Å². The quantitative estimate of drug-likeness (QED) is 0.0421. The molecule has 100 heavy (non-hydrogen) atoms. The minimum absolute atomic E-state index is 0.972. The van der Waals surface area contributed by atoms with E-state index in [1.807, 2.05) is 0 Å². The second-order valence-electron chi connectivity index (χ2n) is 34.5. The maximum absolute atomic E-state index is 5.34. The highest BCUT2D eigenvalue weighted by atomic mass is 14.1. The first kappa shape index (κ1) is 99.6. The number of hydrogen-bond donors (Lipinski definition) is 0. The van der Waals surface area contributed by atoms with Gasteiger partial charge >= 0.3 is 0 Å². The van der Waals surface area contributed by atoms with Crippen molar-refractivity contribution in [2.45, 2.75) is 630 Å². The molecule has 0 aliphatic carbocycles. The lowest BCUT2D eigenvalue weighted by Crippen LogP contribution is -1.85. The van der Waals surface area contributed by atoms with E-state index in [9.17, 15) is 0 Å². The molecule has 0 atom stereocenters. The Labute approximate surface area is 638 Å². The Hall–Kier alpha value is -0.440. The molecule has 0 fully saturated rings. The van der Waals surface area contributed by atoms with Gasteiger partial charge in [-0.05, 0) is 6.42 Å². The molecule has 0 N–H and O–H groups in total. The standard InChI is InChI=1S/C100H198/c1-3-5-7-9-11-13-15-17-19-21-23-25-27-29-31-33-35-37-39-41-43-45-47-49-51-53-55-57-59-61-63-65-67-69-71-73-75-77-79-81-83-85-87-89-91-93-95-97-99-100-98-96-94-92-90-88-86-84-82-80-78-76-74-72-70-68-66-64-62-60-58-56-54-52-50-48-46-44-42-40-38-36-34-32-30-28-26-24-22-20-18-16-14-12-10-8-6-4-2/h1H,4-100H2,2H3. The first-order chi connectivity index (χ1) is 49.9. The van der Waals surface area contributed by atoms with Crippen LogP contribution in [0.3, 0.4) is 0 Å². The molecule has 598 valence electrons. The van der Waals surface area contributed by atoms with Crippen molar-refractivity contribution in [1.29, 1.82) is 0 Å². The Morgan fingerprint density at radius 3 is 0.220 bits per heavy atom. The third kappa shape index (κ3) is 97.6. The largest absolute Gasteiger partial charge is 0.120 e. The maximum Gasteiger partial charge on any atom is 0.00860 e. The van der Waals surface area contributed by atoms with Crippen molar-refractivity contribution >= 4 is 0 Å². The molecule has 0 unspecified atom stereocenters. The zero-order valence-electron chi connectivity index (χ0n) is 70.7. The third-order valence-corrected chi connectivity index (χ3v) is 24.2. The van der Waals surface area contributed by atoms with Crippen molar-refractivity contribution in [3.63, 3.8) is 0 Å². The summed E-state index contributed by atoms with van der Waals surface area (Å²) in [5.74, 6) is 2.76. The molecule has 0 aromatic heterocycles. The number of hydrogen-bond acceptors (Lipinski definition) is 0. The van der Waals surface area contributed by atoms with Gasteiger partial charge in [0.1, 0.15) is 0 Å². The van der Waals surface area contributed by atoms with Crippen molar-refractivity contribution in [2.75, 3.05) is 0 Å². The average Bonchev–Trinajstić information content (AvgIpc) is 3.66. The summed E-state index contributed by atoms with van der Waals surface area (Å²) in [5.41, 5.74) is 0. The first-order valence-electron chi connectivity index (χ1n) is 49.3. The fourth-order valence-corrected chi connectivity index (χ4v) is 16.9. The SMILES string of the molecule is C#CCCCCCCCCCCCCCCCCCCCCCCCCCCCCCCCCCCCCCCCCCCCCCCCCCCCCCCCCCCCCCCCCCCCCCCCCCCCCCCCCCCCCCCCCCCCCCCCCCC. The van der Waals surface area contributed by atoms with E-state index in [4.69, 9.17) is 6.42 Å². The van der Waals surface area contributed by atoms with Gasteiger partial charge in [0, 0.05) is 6.42 Å². The van der Waals surface area contributed by atoms with Crippen LogP contribution in [-0.4, -0.2) is 0 Å². The van der Waals surface area contributed by atoms with E-state index in [2.05, 4.69) is 12.8 Å². The molecule has 0 radical (unpaired) electrons. The van der Waals surface area contributed by atoms with Gasteiger partial charge in [0.25, 0.3) is 0 Å². The van der Waals surface area contributed by atoms with Crippen LogP contribution in [0.2, 0.25) is 0 Å². The van der Waals surface area contributed by atoms with Crippen LogP contribution in [0.15, 0.2) is 0 Å². The lowest BCUT2D eigenvalue weighted by Gasteiger charge is -2.05. The summed E-state index contributed by atoms with van der Waals surface area (Å²) in [5, 5.41) is 0. The Bertz CT molecular complexity index is 1370. The minimum Gasteiger partial charge on any atom is -0.120 e. The highest BCUT2D eigenvalue weighted by Crippen LogP contribution is 2.23. The molecule has 0 nitrogen and oxygen atoms in total. The molecular weight excluding hydrogens is 1200 g/mol. The van der Waals surface area contributed by atoms with Gasteiger partial charge in [0.2, 0.25) is 0 Å². The van der Waals surface area contributed by atoms with E-state index >= 15 is 0 Å².